The van der Waals surface area contributed by atoms with Crippen molar-refractivity contribution in [3.63, 3.8) is 0 Å². The van der Waals surface area contributed by atoms with Crippen LogP contribution in [-0.4, -0.2) is 12.0 Å². The van der Waals surface area contributed by atoms with E-state index in [0.29, 0.717) is 23.0 Å². The third-order valence-electron chi connectivity index (χ3n) is 4.80. The van der Waals surface area contributed by atoms with Gasteiger partial charge in [0.2, 0.25) is 0 Å². The highest BCUT2D eigenvalue weighted by Crippen LogP contribution is 2.57. The molecule has 0 aliphatic heterocycles. The molecule has 3 rings (SSSR count). The van der Waals surface area contributed by atoms with Crippen molar-refractivity contribution in [3.8, 4) is 0 Å². The second kappa shape index (κ2) is 6.86. The van der Waals surface area contributed by atoms with E-state index < -0.39 is 11.7 Å². The van der Waals surface area contributed by atoms with Crippen molar-refractivity contribution >= 4 is 29.9 Å². The van der Waals surface area contributed by atoms with Crippen LogP contribution >= 0.6 is 24.0 Å². The first-order valence-corrected chi connectivity index (χ1v) is 7.62. The predicted molar refractivity (Wildman–Crippen MR) is 94.6 cm³/mol. The molecule has 3 N–H and O–H groups in total. The van der Waals surface area contributed by atoms with Crippen molar-refractivity contribution in [1.82, 2.24) is 5.32 Å². The zero-order chi connectivity index (χ0) is 15.8. The highest BCUT2D eigenvalue weighted by Gasteiger charge is 2.55. The number of hydrogen-bond acceptors (Lipinski definition) is 1. The first-order valence-electron chi connectivity index (χ1n) is 7.62. The Balaban J connectivity index is 0.00000192. The fourth-order valence-corrected chi connectivity index (χ4v) is 3.43. The maximum Gasteiger partial charge on any atom is 0.416 e. The molecule has 0 amide bonds. The van der Waals surface area contributed by atoms with Gasteiger partial charge in [0.25, 0.3) is 0 Å². The standard InChI is InChI=1S/C16H20F3N3.HI/c17-16(18,19)12-5-3-4-11(8-12)10-21-14(20)22-13-9-15(13)6-1-2-7-15;/h3-5,8,13H,1-2,6-7,9-10H2,(H3,20,21,22);1H. The van der Waals surface area contributed by atoms with Crippen LogP contribution in [0.1, 0.15) is 43.2 Å². The van der Waals surface area contributed by atoms with Gasteiger partial charge in [0.15, 0.2) is 5.96 Å². The molecule has 128 valence electrons. The SMILES string of the molecule is I.NC(=NCc1cccc(C(F)(F)F)c1)NC1CC12CCCC2. The highest BCUT2D eigenvalue weighted by molar-refractivity contribution is 14.0. The van der Waals surface area contributed by atoms with Crippen molar-refractivity contribution in [2.24, 2.45) is 16.1 Å². The number of rotatable bonds is 3. The molecule has 1 aromatic carbocycles. The van der Waals surface area contributed by atoms with Crippen LogP contribution < -0.4 is 11.1 Å². The number of nitrogens with zero attached hydrogens (tertiary/aromatic N) is 1. The number of guanidine groups is 1. The molecule has 0 bridgehead atoms. The number of nitrogens with one attached hydrogen (secondary N) is 1. The largest absolute Gasteiger partial charge is 0.416 e. The molecule has 2 aliphatic rings. The number of benzene rings is 1. The molecule has 0 radical (unpaired) electrons. The van der Waals surface area contributed by atoms with Gasteiger partial charge in [0.05, 0.1) is 12.1 Å². The lowest BCUT2D eigenvalue weighted by Gasteiger charge is -2.10. The molecule has 1 atom stereocenters. The van der Waals surface area contributed by atoms with Gasteiger partial charge in [-0.15, -0.1) is 24.0 Å². The first kappa shape index (κ1) is 18.4. The average Bonchev–Trinajstić information content (AvgIpc) is 2.90. The molecular formula is C16H21F3IN3. The quantitative estimate of drug-likeness (QED) is 0.424. The van der Waals surface area contributed by atoms with Gasteiger partial charge in [0, 0.05) is 6.04 Å². The third kappa shape index (κ3) is 4.30. The molecule has 1 aromatic rings. The van der Waals surface area contributed by atoms with E-state index in [0.717, 1.165) is 18.6 Å². The van der Waals surface area contributed by atoms with Gasteiger partial charge in [-0.05, 0) is 42.4 Å². The van der Waals surface area contributed by atoms with Crippen LogP contribution in [0.5, 0.6) is 0 Å². The normalized spacial score (nSPS) is 22.7. The Bertz CT molecular complexity index is 580. The minimum absolute atomic E-state index is 0. The second-order valence-corrected chi connectivity index (χ2v) is 6.37. The van der Waals surface area contributed by atoms with Crippen LogP contribution in [-0.2, 0) is 12.7 Å². The maximum absolute atomic E-state index is 12.6. The zero-order valence-electron chi connectivity index (χ0n) is 12.7. The Hall–Kier alpha value is -0.990. The fraction of sp³-hybridized carbons (Fsp3) is 0.562. The maximum atomic E-state index is 12.6. The van der Waals surface area contributed by atoms with Gasteiger partial charge in [0.1, 0.15) is 0 Å². The van der Waals surface area contributed by atoms with E-state index >= 15 is 0 Å². The van der Waals surface area contributed by atoms with E-state index in [1.807, 2.05) is 0 Å². The molecule has 0 saturated heterocycles. The molecule has 0 aromatic heterocycles. The van der Waals surface area contributed by atoms with Gasteiger partial charge >= 0.3 is 6.18 Å². The number of aliphatic imine (C=N–C) groups is 1. The van der Waals surface area contributed by atoms with E-state index in [4.69, 9.17) is 5.73 Å². The highest BCUT2D eigenvalue weighted by atomic mass is 127. The van der Waals surface area contributed by atoms with Crippen molar-refractivity contribution < 1.29 is 13.2 Å². The summed E-state index contributed by atoms with van der Waals surface area (Å²) in [5, 5.41) is 3.21. The average molecular weight is 439 g/mol. The lowest BCUT2D eigenvalue weighted by molar-refractivity contribution is -0.137. The number of alkyl halides is 3. The van der Waals surface area contributed by atoms with Gasteiger partial charge in [-0.3, -0.25) is 0 Å². The molecule has 2 aliphatic carbocycles. The number of halogens is 4. The summed E-state index contributed by atoms with van der Waals surface area (Å²) in [5.41, 5.74) is 6.12. The van der Waals surface area contributed by atoms with Crippen molar-refractivity contribution in [2.45, 2.75) is 50.9 Å². The molecule has 2 saturated carbocycles. The van der Waals surface area contributed by atoms with E-state index in [1.54, 1.807) is 6.07 Å². The molecule has 7 heteroatoms. The first-order chi connectivity index (χ1) is 10.4. The van der Waals surface area contributed by atoms with Crippen LogP contribution in [0.3, 0.4) is 0 Å². The lowest BCUT2D eigenvalue weighted by Crippen LogP contribution is -2.35. The van der Waals surface area contributed by atoms with Gasteiger partial charge in [-0.1, -0.05) is 25.0 Å². The molecule has 23 heavy (non-hydrogen) atoms. The summed E-state index contributed by atoms with van der Waals surface area (Å²) < 4.78 is 37.9. The smallest absolute Gasteiger partial charge is 0.370 e. The Kier molecular flexibility index (Phi) is 5.48. The van der Waals surface area contributed by atoms with Crippen LogP contribution in [0, 0.1) is 5.41 Å². The van der Waals surface area contributed by atoms with E-state index in [2.05, 4.69) is 10.3 Å². The summed E-state index contributed by atoms with van der Waals surface area (Å²) in [5.74, 6) is 0.325. The summed E-state index contributed by atoms with van der Waals surface area (Å²) in [6, 6.07) is 5.59. The second-order valence-electron chi connectivity index (χ2n) is 6.37. The topological polar surface area (TPSA) is 50.4 Å². The van der Waals surface area contributed by atoms with Crippen LogP contribution in [0.15, 0.2) is 29.3 Å². The Morgan fingerprint density at radius 1 is 1.30 bits per heavy atom. The summed E-state index contributed by atoms with van der Waals surface area (Å²) >= 11 is 0. The van der Waals surface area contributed by atoms with Crippen LogP contribution in [0.25, 0.3) is 0 Å². The van der Waals surface area contributed by atoms with Gasteiger partial charge in [-0.2, -0.15) is 13.2 Å². The lowest BCUT2D eigenvalue weighted by atomic mass is 10.1. The number of hydrogen-bond donors (Lipinski definition) is 2. The Labute approximate surface area is 150 Å². The van der Waals surface area contributed by atoms with Crippen LogP contribution in [0.2, 0.25) is 0 Å². The zero-order valence-corrected chi connectivity index (χ0v) is 15.0. The van der Waals surface area contributed by atoms with Gasteiger partial charge in [-0.25, -0.2) is 4.99 Å². The third-order valence-corrected chi connectivity index (χ3v) is 4.80. The fourth-order valence-electron chi connectivity index (χ4n) is 3.43. The summed E-state index contributed by atoms with van der Waals surface area (Å²) in [7, 11) is 0. The number of nitrogens with two attached hydrogens (primary N) is 1. The van der Waals surface area contributed by atoms with Crippen molar-refractivity contribution in [1.29, 1.82) is 0 Å². The van der Waals surface area contributed by atoms with Crippen molar-refractivity contribution in [3.05, 3.63) is 35.4 Å². The van der Waals surface area contributed by atoms with Gasteiger partial charge < -0.3 is 11.1 Å². The minimum atomic E-state index is -4.33. The Morgan fingerprint density at radius 3 is 2.65 bits per heavy atom. The molecule has 1 unspecified atom stereocenters. The Morgan fingerprint density at radius 2 is 2.00 bits per heavy atom. The van der Waals surface area contributed by atoms with E-state index in [1.165, 1.54) is 31.7 Å². The summed E-state index contributed by atoms with van der Waals surface area (Å²) in [4.78, 5) is 4.17. The van der Waals surface area contributed by atoms with E-state index in [9.17, 15) is 13.2 Å². The molecule has 3 nitrogen and oxygen atoms in total. The molecule has 2 fully saturated rings. The molecule has 1 spiro atoms. The molecule has 0 heterocycles. The van der Waals surface area contributed by atoms with Crippen LogP contribution in [0.4, 0.5) is 13.2 Å². The van der Waals surface area contributed by atoms with E-state index in [-0.39, 0.29) is 30.5 Å². The minimum Gasteiger partial charge on any atom is -0.370 e. The summed E-state index contributed by atoms with van der Waals surface area (Å²) in [6.45, 7) is 0.155. The summed E-state index contributed by atoms with van der Waals surface area (Å²) in [6.07, 6.45) is 1.84. The van der Waals surface area contributed by atoms with Crippen molar-refractivity contribution in [2.75, 3.05) is 0 Å². The monoisotopic (exact) mass is 439 g/mol. The predicted octanol–water partition coefficient (Wildman–Crippen LogP) is 4.06. The molecular weight excluding hydrogens is 418 g/mol.